The number of aliphatic hydroxyl groups excluding tert-OH is 1. The lowest BCUT2D eigenvalue weighted by Crippen LogP contribution is -2.15. The van der Waals surface area contributed by atoms with Gasteiger partial charge in [-0.15, -0.1) is 0 Å². The van der Waals surface area contributed by atoms with Crippen molar-refractivity contribution in [3.63, 3.8) is 0 Å². The SMILES string of the molecule is COc1ccccc1C(=O)COC(=O)c1ccc(CO)cc1. The predicted octanol–water partition coefficient (Wildman–Crippen LogP) is 2.23. The van der Waals surface area contributed by atoms with Crippen LogP contribution in [-0.2, 0) is 11.3 Å². The van der Waals surface area contributed by atoms with Crippen LogP contribution in [0.2, 0.25) is 0 Å². The number of ketones is 1. The maximum absolute atomic E-state index is 12.1. The van der Waals surface area contributed by atoms with Gasteiger partial charge in [0.05, 0.1) is 24.8 Å². The van der Waals surface area contributed by atoms with Crippen molar-refractivity contribution in [2.75, 3.05) is 13.7 Å². The molecule has 0 atom stereocenters. The first-order valence-corrected chi connectivity index (χ1v) is 6.69. The molecule has 0 amide bonds. The Morgan fingerprint density at radius 1 is 1.05 bits per heavy atom. The zero-order chi connectivity index (χ0) is 15.9. The van der Waals surface area contributed by atoms with Gasteiger partial charge in [0.15, 0.2) is 6.61 Å². The van der Waals surface area contributed by atoms with Crippen LogP contribution in [0.4, 0.5) is 0 Å². The Kier molecular flexibility index (Phi) is 5.27. The van der Waals surface area contributed by atoms with E-state index >= 15 is 0 Å². The van der Waals surface area contributed by atoms with Crippen molar-refractivity contribution in [2.24, 2.45) is 0 Å². The monoisotopic (exact) mass is 300 g/mol. The van der Waals surface area contributed by atoms with E-state index in [4.69, 9.17) is 14.6 Å². The van der Waals surface area contributed by atoms with Gasteiger partial charge < -0.3 is 14.6 Å². The summed E-state index contributed by atoms with van der Waals surface area (Å²) in [5.41, 5.74) is 1.39. The standard InChI is InChI=1S/C17H16O5/c1-21-16-5-3-2-4-14(16)15(19)11-22-17(20)13-8-6-12(10-18)7-9-13/h2-9,18H,10-11H2,1H3. The Labute approximate surface area is 128 Å². The van der Waals surface area contributed by atoms with E-state index in [0.717, 1.165) is 0 Å². The second-order valence-corrected chi connectivity index (χ2v) is 4.55. The minimum atomic E-state index is -0.590. The van der Waals surface area contributed by atoms with Crippen molar-refractivity contribution in [2.45, 2.75) is 6.61 Å². The summed E-state index contributed by atoms with van der Waals surface area (Å²) in [5.74, 6) is -0.485. The van der Waals surface area contributed by atoms with Gasteiger partial charge in [0, 0.05) is 0 Å². The Hall–Kier alpha value is -2.66. The zero-order valence-corrected chi connectivity index (χ0v) is 12.1. The molecule has 0 radical (unpaired) electrons. The summed E-state index contributed by atoms with van der Waals surface area (Å²) in [5, 5.41) is 8.95. The maximum Gasteiger partial charge on any atom is 0.338 e. The number of ether oxygens (including phenoxy) is 2. The van der Waals surface area contributed by atoms with Crippen LogP contribution in [0.15, 0.2) is 48.5 Å². The molecule has 0 heterocycles. The van der Waals surface area contributed by atoms with Gasteiger partial charge in [0.25, 0.3) is 0 Å². The Balaban J connectivity index is 1.99. The quantitative estimate of drug-likeness (QED) is 0.654. The highest BCUT2D eigenvalue weighted by Gasteiger charge is 2.15. The molecule has 0 aliphatic heterocycles. The third kappa shape index (κ3) is 3.71. The van der Waals surface area contributed by atoms with Crippen molar-refractivity contribution in [3.8, 4) is 5.75 Å². The number of para-hydroxylation sites is 1. The highest BCUT2D eigenvalue weighted by Crippen LogP contribution is 2.18. The number of carbonyl (C=O) groups excluding carboxylic acids is 2. The third-order valence-corrected chi connectivity index (χ3v) is 3.11. The summed E-state index contributed by atoms with van der Waals surface area (Å²) in [6.45, 7) is -0.456. The largest absolute Gasteiger partial charge is 0.496 e. The summed E-state index contributed by atoms with van der Waals surface area (Å²) in [6, 6.07) is 13.1. The second kappa shape index (κ2) is 7.38. The summed E-state index contributed by atoms with van der Waals surface area (Å²) in [4.78, 5) is 23.9. The molecule has 0 aliphatic carbocycles. The lowest BCUT2D eigenvalue weighted by molar-refractivity contribution is 0.0474. The first-order chi connectivity index (χ1) is 10.7. The van der Waals surface area contributed by atoms with Crippen molar-refractivity contribution in [3.05, 3.63) is 65.2 Å². The average molecular weight is 300 g/mol. The second-order valence-electron chi connectivity index (χ2n) is 4.55. The van der Waals surface area contributed by atoms with E-state index in [2.05, 4.69) is 0 Å². The van der Waals surface area contributed by atoms with Crippen molar-refractivity contribution in [1.82, 2.24) is 0 Å². The zero-order valence-electron chi connectivity index (χ0n) is 12.1. The van der Waals surface area contributed by atoms with Crippen LogP contribution in [0.3, 0.4) is 0 Å². The molecule has 2 aromatic rings. The number of hydrogen-bond donors (Lipinski definition) is 1. The van der Waals surface area contributed by atoms with Crippen LogP contribution in [0.1, 0.15) is 26.3 Å². The van der Waals surface area contributed by atoms with E-state index in [9.17, 15) is 9.59 Å². The molecule has 114 valence electrons. The Morgan fingerprint density at radius 3 is 2.36 bits per heavy atom. The molecule has 0 bridgehead atoms. The van der Waals surface area contributed by atoms with E-state index in [1.165, 1.54) is 7.11 Å². The highest BCUT2D eigenvalue weighted by atomic mass is 16.5. The topological polar surface area (TPSA) is 72.8 Å². The number of rotatable bonds is 6. The van der Waals surface area contributed by atoms with Crippen LogP contribution in [0.5, 0.6) is 5.75 Å². The van der Waals surface area contributed by atoms with Crippen LogP contribution in [0, 0.1) is 0 Å². The fraction of sp³-hybridized carbons (Fsp3) is 0.176. The molecule has 0 aromatic heterocycles. The first-order valence-electron chi connectivity index (χ1n) is 6.69. The highest BCUT2D eigenvalue weighted by molar-refractivity contribution is 6.01. The average Bonchev–Trinajstić information content (AvgIpc) is 2.59. The molecule has 0 unspecified atom stereocenters. The first kappa shape index (κ1) is 15.7. The van der Waals surface area contributed by atoms with Crippen LogP contribution < -0.4 is 4.74 Å². The molecule has 0 saturated carbocycles. The molecule has 0 spiro atoms. The lowest BCUT2D eigenvalue weighted by Gasteiger charge is -2.08. The van der Waals surface area contributed by atoms with Crippen molar-refractivity contribution in [1.29, 1.82) is 0 Å². The third-order valence-electron chi connectivity index (χ3n) is 3.11. The Morgan fingerprint density at radius 2 is 1.73 bits per heavy atom. The number of Topliss-reactive ketones (excluding diaryl/α,β-unsaturated/α-hetero) is 1. The predicted molar refractivity (Wildman–Crippen MR) is 80.0 cm³/mol. The minimum absolute atomic E-state index is 0.0956. The van der Waals surface area contributed by atoms with Crippen molar-refractivity contribution >= 4 is 11.8 Å². The molecular weight excluding hydrogens is 284 g/mol. The number of hydrogen-bond acceptors (Lipinski definition) is 5. The molecule has 5 nitrogen and oxygen atoms in total. The minimum Gasteiger partial charge on any atom is -0.496 e. The van der Waals surface area contributed by atoms with Gasteiger partial charge in [-0.1, -0.05) is 24.3 Å². The molecule has 0 aliphatic rings. The van der Waals surface area contributed by atoms with Gasteiger partial charge in [-0.25, -0.2) is 4.79 Å². The van der Waals surface area contributed by atoms with Crippen LogP contribution >= 0.6 is 0 Å². The number of methoxy groups -OCH3 is 1. The van der Waals surface area contributed by atoms with Crippen LogP contribution in [-0.4, -0.2) is 30.6 Å². The molecular formula is C17H16O5. The van der Waals surface area contributed by atoms with Gasteiger partial charge in [0.1, 0.15) is 5.75 Å². The fourth-order valence-corrected chi connectivity index (χ4v) is 1.91. The molecule has 2 rings (SSSR count). The molecule has 0 fully saturated rings. The smallest absolute Gasteiger partial charge is 0.338 e. The van der Waals surface area contributed by atoms with Gasteiger partial charge in [-0.3, -0.25) is 4.79 Å². The molecule has 1 N–H and O–H groups in total. The van der Waals surface area contributed by atoms with E-state index in [1.54, 1.807) is 48.5 Å². The maximum atomic E-state index is 12.1. The number of benzene rings is 2. The van der Waals surface area contributed by atoms with E-state index in [-0.39, 0.29) is 19.0 Å². The van der Waals surface area contributed by atoms with Gasteiger partial charge in [0.2, 0.25) is 5.78 Å². The molecule has 22 heavy (non-hydrogen) atoms. The Bertz CT molecular complexity index is 661. The van der Waals surface area contributed by atoms with E-state index < -0.39 is 5.97 Å². The summed E-state index contributed by atoms with van der Waals surface area (Å²) in [7, 11) is 1.47. The van der Waals surface area contributed by atoms with Gasteiger partial charge in [-0.2, -0.15) is 0 Å². The van der Waals surface area contributed by atoms with E-state index in [0.29, 0.717) is 22.4 Å². The normalized spacial score (nSPS) is 10.1. The van der Waals surface area contributed by atoms with E-state index in [1.807, 2.05) is 0 Å². The number of esters is 1. The van der Waals surface area contributed by atoms with Gasteiger partial charge in [-0.05, 0) is 29.8 Å². The fourth-order valence-electron chi connectivity index (χ4n) is 1.91. The van der Waals surface area contributed by atoms with Crippen molar-refractivity contribution < 1.29 is 24.2 Å². The lowest BCUT2D eigenvalue weighted by atomic mass is 10.1. The number of aliphatic hydroxyl groups is 1. The van der Waals surface area contributed by atoms with Gasteiger partial charge >= 0.3 is 5.97 Å². The summed E-state index contributed by atoms with van der Waals surface area (Å²) in [6.07, 6.45) is 0. The number of carbonyl (C=O) groups is 2. The summed E-state index contributed by atoms with van der Waals surface area (Å²) >= 11 is 0. The summed E-state index contributed by atoms with van der Waals surface area (Å²) < 4.78 is 10.1. The molecule has 2 aromatic carbocycles. The molecule has 5 heteroatoms. The van der Waals surface area contributed by atoms with Crippen LogP contribution in [0.25, 0.3) is 0 Å². The molecule has 0 saturated heterocycles.